The number of carboxylic acids is 1. The van der Waals surface area contributed by atoms with E-state index in [-0.39, 0.29) is 24.2 Å². The second-order valence-electron chi connectivity index (χ2n) is 7.17. The molecule has 1 saturated heterocycles. The number of pyridine rings is 1. The molecule has 1 fully saturated rings. The number of alkyl halides is 3. The minimum absolute atomic E-state index is 0.0659. The summed E-state index contributed by atoms with van der Waals surface area (Å²) in [5.74, 6) is -0.221. The minimum Gasteiger partial charge on any atom is -0.481 e. The molecule has 30 heavy (non-hydrogen) atoms. The van der Waals surface area contributed by atoms with Gasteiger partial charge in [0.1, 0.15) is 11.6 Å². The molecular weight excluding hydrogens is 401 g/mol. The summed E-state index contributed by atoms with van der Waals surface area (Å²) in [7, 11) is 0. The fourth-order valence-corrected chi connectivity index (χ4v) is 3.47. The van der Waals surface area contributed by atoms with Gasteiger partial charge in [-0.1, -0.05) is 18.2 Å². The highest BCUT2D eigenvalue weighted by molar-refractivity contribution is 5.66. The number of benzene rings is 1. The van der Waals surface area contributed by atoms with Crippen LogP contribution < -0.4 is 10.1 Å². The predicted octanol–water partition coefficient (Wildman–Crippen LogP) is 4.72. The van der Waals surface area contributed by atoms with E-state index in [1.165, 1.54) is 18.2 Å². The molecule has 1 aliphatic heterocycles. The zero-order chi connectivity index (χ0) is 21.6. The Labute approximate surface area is 172 Å². The number of halogens is 3. The van der Waals surface area contributed by atoms with Gasteiger partial charge >= 0.3 is 12.3 Å². The van der Waals surface area contributed by atoms with Crippen LogP contribution in [-0.2, 0) is 16.1 Å². The minimum atomic E-state index is -4.72. The second kappa shape index (κ2) is 9.80. The van der Waals surface area contributed by atoms with Crippen LogP contribution in [0.4, 0.5) is 19.0 Å². The molecule has 0 aliphatic carbocycles. The molecule has 2 atom stereocenters. The van der Waals surface area contributed by atoms with Crippen LogP contribution in [0.3, 0.4) is 0 Å². The van der Waals surface area contributed by atoms with Crippen molar-refractivity contribution in [3.05, 3.63) is 53.7 Å². The van der Waals surface area contributed by atoms with Crippen LogP contribution in [0.2, 0.25) is 0 Å². The Bertz CT molecular complexity index is 843. The Morgan fingerprint density at radius 2 is 2.13 bits per heavy atom. The average molecular weight is 424 g/mol. The van der Waals surface area contributed by atoms with Gasteiger partial charge in [0.15, 0.2) is 0 Å². The van der Waals surface area contributed by atoms with Crippen molar-refractivity contribution in [3.8, 4) is 5.75 Å². The van der Waals surface area contributed by atoms with Crippen molar-refractivity contribution in [2.45, 2.75) is 50.6 Å². The second-order valence-corrected chi connectivity index (χ2v) is 7.17. The highest BCUT2D eigenvalue weighted by atomic mass is 19.4. The van der Waals surface area contributed by atoms with E-state index < -0.39 is 12.3 Å². The standard InChI is InChI=1S/C21H23F3N2O4/c22-21(23,24)30-18-3-1-2-14(10-18)12-25-19-6-4-16(13-26-19)15-8-9-29-17(11-15)5-7-20(27)28/h1-4,6,10,13,15,17H,5,7-9,11-12H2,(H,25,26)(H,27,28)/t15-,17-/m0/s1. The van der Waals surface area contributed by atoms with E-state index >= 15 is 0 Å². The number of hydrogen-bond acceptors (Lipinski definition) is 5. The molecule has 0 amide bonds. The van der Waals surface area contributed by atoms with E-state index in [1.807, 2.05) is 12.1 Å². The number of hydrogen-bond donors (Lipinski definition) is 2. The zero-order valence-electron chi connectivity index (χ0n) is 16.2. The molecule has 2 N–H and O–H groups in total. The molecule has 1 aliphatic rings. The van der Waals surface area contributed by atoms with Gasteiger partial charge in [0.25, 0.3) is 0 Å². The fourth-order valence-electron chi connectivity index (χ4n) is 3.47. The van der Waals surface area contributed by atoms with Crippen molar-refractivity contribution >= 4 is 11.8 Å². The van der Waals surface area contributed by atoms with Crippen molar-refractivity contribution in [3.63, 3.8) is 0 Å². The summed E-state index contributed by atoms with van der Waals surface area (Å²) in [5, 5.41) is 11.9. The first-order valence-electron chi connectivity index (χ1n) is 9.66. The van der Waals surface area contributed by atoms with Gasteiger partial charge in [-0.05, 0) is 54.5 Å². The number of aliphatic carboxylic acids is 1. The van der Waals surface area contributed by atoms with E-state index in [0.29, 0.717) is 31.0 Å². The normalized spacial score (nSPS) is 19.3. The van der Waals surface area contributed by atoms with Crippen LogP contribution in [0.15, 0.2) is 42.6 Å². The largest absolute Gasteiger partial charge is 0.573 e. The number of rotatable bonds is 8. The maximum atomic E-state index is 12.3. The quantitative estimate of drug-likeness (QED) is 0.638. The lowest BCUT2D eigenvalue weighted by atomic mass is 9.88. The molecule has 0 spiro atoms. The molecule has 0 bridgehead atoms. The molecule has 2 heterocycles. The Kier molecular flexibility index (Phi) is 7.15. The van der Waals surface area contributed by atoms with Crippen molar-refractivity contribution < 1.29 is 32.5 Å². The molecule has 1 aromatic heterocycles. The lowest BCUT2D eigenvalue weighted by Gasteiger charge is -2.29. The summed E-state index contributed by atoms with van der Waals surface area (Å²) in [6.45, 7) is 0.890. The van der Waals surface area contributed by atoms with E-state index in [1.54, 1.807) is 12.3 Å². The smallest absolute Gasteiger partial charge is 0.481 e. The van der Waals surface area contributed by atoms with Crippen molar-refractivity contribution in [2.75, 3.05) is 11.9 Å². The third kappa shape index (κ3) is 6.91. The predicted molar refractivity (Wildman–Crippen MR) is 103 cm³/mol. The number of anilines is 1. The number of aromatic nitrogens is 1. The molecule has 0 saturated carbocycles. The highest BCUT2D eigenvalue weighted by Crippen LogP contribution is 2.31. The van der Waals surface area contributed by atoms with Gasteiger partial charge in [-0.25, -0.2) is 4.98 Å². The monoisotopic (exact) mass is 424 g/mol. The van der Waals surface area contributed by atoms with Crippen LogP contribution >= 0.6 is 0 Å². The summed E-state index contributed by atoms with van der Waals surface area (Å²) in [5.41, 5.74) is 1.69. The van der Waals surface area contributed by atoms with Crippen molar-refractivity contribution in [1.29, 1.82) is 0 Å². The zero-order valence-corrected chi connectivity index (χ0v) is 16.2. The summed E-state index contributed by atoms with van der Waals surface area (Å²) >= 11 is 0. The molecule has 0 radical (unpaired) electrons. The maximum Gasteiger partial charge on any atom is 0.573 e. The van der Waals surface area contributed by atoms with Crippen LogP contribution in [-0.4, -0.2) is 35.1 Å². The van der Waals surface area contributed by atoms with Crippen LogP contribution in [0.1, 0.15) is 42.7 Å². The van der Waals surface area contributed by atoms with Crippen LogP contribution in [0.25, 0.3) is 0 Å². The Morgan fingerprint density at radius 1 is 1.30 bits per heavy atom. The number of carbonyl (C=O) groups is 1. The van der Waals surface area contributed by atoms with Crippen molar-refractivity contribution in [2.24, 2.45) is 0 Å². The van der Waals surface area contributed by atoms with E-state index in [0.717, 1.165) is 18.4 Å². The topological polar surface area (TPSA) is 80.7 Å². The van der Waals surface area contributed by atoms with Crippen LogP contribution in [0, 0.1) is 0 Å². The van der Waals surface area contributed by atoms with E-state index in [9.17, 15) is 18.0 Å². The fraction of sp³-hybridized carbons (Fsp3) is 0.429. The number of carboxylic acid groups (broad SMARTS) is 1. The molecule has 9 heteroatoms. The summed E-state index contributed by atoms with van der Waals surface area (Å²) in [4.78, 5) is 15.1. The molecule has 162 valence electrons. The lowest BCUT2D eigenvalue weighted by molar-refractivity contribution is -0.274. The van der Waals surface area contributed by atoms with Gasteiger partial charge in [0.2, 0.25) is 0 Å². The van der Waals surface area contributed by atoms with Gasteiger partial charge in [-0.15, -0.1) is 13.2 Å². The number of ether oxygens (including phenoxy) is 2. The van der Waals surface area contributed by atoms with Gasteiger partial charge in [0, 0.05) is 25.8 Å². The third-order valence-electron chi connectivity index (χ3n) is 4.91. The average Bonchev–Trinajstić information content (AvgIpc) is 2.70. The van der Waals surface area contributed by atoms with Crippen LogP contribution in [0.5, 0.6) is 5.75 Å². The maximum absolute atomic E-state index is 12.3. The van der Waals surface area contributed by atoms with E-state index in [4.69, 9.17) is 9.84 Å². The number of nitrogens with zero attached hydrogens (tertiary/aromatic N) is 1. The molecule has 3 rings (SSSR count). The Morgan fingerprint density at radius 3 is 2.83 bits per heavy atom. The first-order valence-corrected chi connectivity index (χ1v) is 9.66. The number of nitrogens with one attached hydrogen (secondary N) is 1. The molecule has 1 aromatic carbocycles. The SMILES string of the molecule is O=C(O)CC[C@H]1C[C@@H](c2ccc(NCc3cccc(OC(F)(F)F)c3)nc2)CCO1. The Hall–Kier alpha value is -2.81. The van der Waals surface area contributed by atoms with Gasteiger partial charge in [-0.3, -0.25) is 4.79 Å². The van der Waals surface area contributed by atoms with Gasteiger partial charge < -0.3 is 19.9 Å². The summed E-state index contributed by atoms with van der Waals surface area (Å²) in [6, 6.07) is 9.57. The third-order valence-corrected chi connectivity index (χ3v) is 4.91. The van der Waals surface area contributed by atoms with Gasteiger partial charge in [-0.2, -0.15) is 0 Å². The summed E-state index contributed by atoms with van der Waals surface area (Å²) in [6.07, 6.45) is -0.818. The molecular formula is C21H23F3N2O4. The Balaban J connectivity index is 1.53. The molecule has 6 nitrogen and oxygen atoms in total. The highest BCUT2D eigenvalue weighted by Gasteiger charge is 2.31. The first kappa shape index (κ1) is 21.9. The van der Waals surface area contributed by atoms with E-state index in [2.05, 4.69) is 15.0 Å². The summed E-state index contributed by atoms with van der Waals surface area (Å²) < 4.78 is 46.6. The van der Waals surface area contributed by atoms with Gasteiger partial charge in [0.05, 0.1) is 6.10 Å². The molecule has 2 aromatic rings. The lowest BCUT2D eigenvalue weighted by Crippen LogP contribution is -2.25. The van der Waals surface area contributed by atoms with Crippen molar-refractivity contribution in [1.82, 2.24) is 4.98 Å². The first-order chi connectivity index (χ1) is 14.3. The molecule has 0 unspecified atom stereocenters.